The average molecular weight is 449 g/mol. The van der Waals surface area contributed by atoms with Gasteiger partial charge in [-0.3, -0.25) is 9.69 Å². The third-order valence-corrected chi connectivity index (χ3v) is 8.01. The van der Waals surface area contributed by atoms with E-state index in [1.807, 2.05) is 6.07 Å². The van der Waals surface area contributed by atoms with E-state index < -0.39 is 0 Å². The van der Waals surface area contributed by atoms with Crippen LogP contribution in [0.1, 0.15) is 70.8 Å². The van der Waals surface area contributed by atoms with Crippen molar-refractivity contribution in [3.8, 4) is 0 Å². The molecule has 3 nitrogen and oxygen atoms in total. The molecule has 0 atom stereocenters. The van der Waals surface area contributed by atoms with Gasteiger partial charge in [-0.05, 0) is 111 Å². The highest BCUT2D eigenvalue weighted by molar-refractivity contribution is 6.04. The first-order chi connectivity index (χ1) is 16.1. The Balaban J connectivity index is 1.24. The monoisotopic (exact) mass is 448 g/mol. The third-order valence-electron chi connectivity index (χ3n) is 8.01. The molecule has 2 aliphatic heterocycles. The Kier molecular flexibility index (Phi) is 6.56. The standard InChI is InChI=1S/C29H37FN2O/c1-3-25-23(10-11-26-27(4-2)32(19-21-8-9-21)29(33)28(25)26)16-20-12-14-31(15-13-20)18-22-6-5-7-24(30)17-22/h5-7,10,17,20-21H,3-4,8-9,11-16,18-19H2,1-2H3. The lowest BCUT2D eigenvalue weighted by Gasteiger charge is -2.33. The quantitative estimate of drug-likeness (QED) is 0.461. The first kappa shape index (κ1) is 22.6. The van der Waals surface area contributed by atoms with Crippen LogP contribution in [0, 0.1) is 17.7 Å². The van der Waals surface area contributed by atoms with Crippen LogP contribution in [0.25, 0.3) is 0 Å². The van der Waals surface area contributed by atoms with Crippen LogP contribution in [0.4, 0.5) is 4.39 Å². The highest BCUT2D eigenvalue weighted by Gasteiger charge is 2.40. The molecule has 0 N–H and O–H groups in total. The molecule has 33 heavy (non-hydrogen) atoms. The number of amides is 1. The molecule has 2 aliphatic carbocycles. The fourth-order valence-electron chi connectivity index (χ4n) is 6.05. The van der Waals surface area contributed by atoms with Crippen LogP contribution in [0.15, 0.2) is 58.3 Å². The van der Waals surface area contributed by atoms with Crippen molar-refractivity contribution >= 4 is 5.91 Å². The van der Waals surface area contributed by atoms with E-state index in [4.69, 9.17) is 0 Å². The number of halogens is 1. The second-order valence-corrected chi connectivity index (χ2v) is 10.3. The van der Waals surface area contributed by atoms with Gasteiger partial charge in [-0.2, -0.15) is 0 Å². The summed E-state index contributed by atoms with van der Waals surface area (Å²) in [4.78, 5) is 18.1. The maximum Gasteiger partial charge on any atom is 0.258 e. The van der Waals surface area contributed by atoms with Gasteiger partial charge in [0, 0.05) is 24.4 Å². The lowest BCUT2D eigenvalue weighted by Crippen LogP contribution is -2.33. The molecule has 1 aromatic carbocycles. The Morgan fingerprint density at radius 3 is 2.48 bits per heavy atom. The highest BCUT2D eigenvalue weighted by atomic mass is 19.1. The minimum Gasteiger partial charge on any atom is -0.312 e. The van der Waals surface area contributed by atoms with Crippen LogP contribution < -0.4 is 0 Å². The zero-order chi connectivity index (χ0) is 22.9. The number of hydrogen-bond acceptors (Lipinski definition) is 2. The summed E-state index contributed by atoms with van der Waals surface area (Å²) >= 11 is 0. The molecule has 0 aromatic heterocycles. The Labute approximate surface area is 198 Å². The summed E-state index contributed by atoms with van der Waals surface area (Å²) in [6, 6.07) is 6.98. The topological polar surface area (TPSA) is 23.6 Å². The van der Waals surface area contributed by atoms with Crippen LogP contribution in [0.3, 0.4) is 0 Å². The van der Waals surface area contributed by atoms with E-state index in [0.29, 0.717) is 11.8 Å². The van der Waals surface area contributed by atoms with Crippen molar-refractivity contribution in [2.45, 2.75) is 71.8 Å². The minimum absolute atomic E-state index is 0.149. The van der Waals surface area contributed by atoms with Crippen LogP contribution in [-0.4, -0.2) is 35.3 Å². The molecule has 1 saturated heterocycles. The molecular weight excluding hydrogens is 411 g/mol. The number of likely N-dealkylation sites (tertiary alicyclic amines) is 1. The maximum atomic E-state index is 13.5. The molecule has 0 bridgehead atoms. The largest absolute Gasteiger partial charge is 0.312 e. The lowest BCUT2D eigenvalue weighted by molar-refractivity contribution is -0.124. The van der Waals surface area contributed by atoms with Crippen molar-refractivity contribution in [2.75, 3.05) is 19.6 Å². The van der Waals surface area contributed by atoms with Crippen molar-refractivity contribution < 1.29 is 9.18 Å². The second kappa shape index (κ2) is 9.58. The Morgan fingerprint density at radius 2 is 1.82 bits per heavy atom. The number of allylic oxidation sites excluding steroid dienone is 4. The molecule has 1 saturated carbocycles. The molecule has 4 heteroatoms. The number of fused-ring (bicyclic) bond motifs is 1. The van der Waals surface area contributed by atoms with Gasteiger partial charge in [0.15, 0.2) is 0 Å². The summed E-state index contributed by atoms with van der Waals surface area (Å²) in [6.07, 6.45) is 11.2. The van der Waals surface area contributed by atoms with E-state index in [1.54, 1.807) is 12.1 Å². The number of piperidine rings is 1. The predicted octanol–water partition coefficient (Wildman–Crippen LogP) is 6.38. The van der Waals surface area contributed by atoms with Gasteiger partial charge >= 0.3 is 0 Å². The SMILES string of the molecule is CCC1=C2C(=O)N(CC3CC3)C(CC)=C2CC=C1CC1CCN(Cc2cccc(F)c2)CC1. The number of hydrogen-bond donors (Lipinski definition) is 0. The van der Waals surface area contributed by atoms with Crippen molar-refractivity contribution in [3.63, 3.8) is 0 Å². The van der Waals surface area contributed by atoms with E-state index in [2.05, 4.69) is 29.7 Å². The molecule has 5 rings (SSSR count). The van der Waals surface area contributed by atoms with Gasteiger partial charge < -0.3 is 4.90 Å². The molecule has 2 heterocycles. The summed E-state index contributed by atoms with van der Waals surface area (Å²) in [7, 11) is 0. The van der Waals surface area contributed by atoms with Gasteiger partial charge in [-0.1, -0.05) is 32.1 Å². The van der Waals surface area contributed by atoms with Gasteiger partial charge in [-0.15, -0.1) is 0 Å². The molecule has 0 spiro atoms. The molecule has 4 aliphatic rings. The van der Waals surface area contributed by atoms with E-state index >= 15 is 0 Å². The predicted molar refractivity (Wildman–Crippen MR) is 131 cm³/mol. The Bertz CT molecular complexity index is 1010. The molecule has 1 amide bonds. The molecular formula is C29H37FN2O. The number of carbonyl (C=O) groups excluding carboxylic acids is 1. The van der Waals surface area contributed by atoms with Crippen molar-refractivity contribution in [2.24, 2.45) is 11.8 Å². The van der Waals surface area contributed by atoms with Crippen molar-refractivity contribution in [3.05, 3.63) is 69.7 Å². The van der Waals surface area contributed by atoms with Gasteiger partial charge in [0.2, 0.25) is 0 Å². The average Bonchev–Trinajstić information content (AvgIpc) is 3.59. The fourth-order valence-corrected chi connectivity index (χ4v) is 6.05. The van der Waals surface area contributed by atoms with E-state index in [0.717, 1.165) is 63.0 Å². The number of benzene rings is 1. The molecule has 0 unspecified atom stereocenters. The van der Waals surface area contributed by atoms with E-state index in [1.165, 1.54) is 54.2 Å². The molecule has 2 fully saturated rings. The maximum absolute atomic E-state index is 13.5. The van der Waals surface area contributed by atoms with Crippen LogP contribution >= 0.6 is 0 Å². The molecule has 0 radical (unpaired) electrons. The van der Waals surface area contributed by atoms with Gasteiger partial charge in [-0.25, -0.2) is 4.39 Å². The summed E-state index contributed by atoms with van der Waals surface area (Å²) in [5, 5.41) is 0. The van der Waals surface area contributed by atoms with Gasteiger partial charge in [0.1, 0.15) is 5.82 Å². The lowest BCUT2D eigenvalue weighted by atomic mass is 9.80. The minimum atomic E-state index is -0.149. The van der Waals surface area contributed by atoms with Crippen LogP contribution in [0.5, 0.6) is 0 Å². The normalized spacial score (nSPS) is 22.3. The summed E-state index contributed by atoms with van der Waals surface area (Å²) in [5.74, 6) is 1.51. The number of rotatable bonds is 8. The summed E-state index contributed by atoms with van der Waals surface area (Å²) < 4.78 is 13.5. The van der Waals surface area contributed by atoms with E-state index in [-0.39, 0.29) is 11.7 Å². The molecule has 1 aromatic rings. The Hall–Kier alpha value is -2.20. The fraction of sp³-hybridized carbons (Fsp3) is 0.552. The molecule has 176 valence electrons. The summed E-state index contributed by atoms with van der Waals surface area (Å²) in [6.45, 7) is 8.28. The van der Waals surface area contributed by atoms with Gasteiger partial charge in [0.05, 0.1) is 0 Å². The van der Waals surface area contributed by atoms with Crippen LogP contribution in [-0.2, 0) is 11.3 Å². The smallest absolute Gasteiger partial charge is 0.258 e. The number of nitrogens with zero attached hydrogens (tertiary/aromatic N) is 2. The zero-order valence-electron chi connectivity index (χ0n) is 20.2. The van der Waals surface area contributed by atoms with Crippen molar-refractivity contribution in [1.29, 1.82) is 0 Å². The van der Waals surface area contributed by atoms with Crippen molar-refractivity contribution in [1.82, 2.24) is 9.80 Å². The highest BCUT2D eigenvalue weighted by Crippen LogP contribution is 2.45. The van der Waals surface area contributed by atoms with Crippen LogP contribution in [0.2, 0.25) is 0 Å². The van der Waals surface area contributed by atoms with Gasteiger partial charge in [0.25, 0.3) is 5.91 Å². The zero-order valence-corrected chi connectivity index (χ0v) is 20.2. The van der Waals surface area contributed by atoms with E-state index in [9.17, 15) is 9.18 Å². The number of carbonyl (C=O) groups is 1. The third kappa shape index (κ3) is 4.73. The first-order valence-corrected chi connectivity index (χ1v) is 13.0. The summed E-state index contributed by atoms with van der Waals surface area (Å²) in [5.41, 5.74) is 7.45. The second-order valence-electron chi connectivity index (χ2n) is 10.3. The first-order valence-electron chi connectivity index (χ1n) is 13.0. The Morgan fingerprint density at radius 1 is 1.03 bits per heavy atom.